The van der Waals surface area contributed by atoms with Crippen molar-refractivity contribution in [3.8, 4) is 0 Å². The zero-order chi connectivity index (χ0) is 19.9. The first-order valence-electron chi connectivity index (χ1n) is 7.75. The van der Waals surface area contributed by atoms with Gasteiger partial charge in [-0.2, -0.15) is 8.42 Å². The third-order valence-electron chi connectivity index (χ3n) is 4.07. The monoisotopic (exact) mass is 375 g/mol. The number of hydrogen-bond donors (Lipinski definition) is 1. The molecule has 1 aliphatic heterocycles. The van der Waals surface area contributed by atoms with E-state index in [9.17, 15) is 13.2 Å². The van der Waals surface area contributed by atoms with E-state index in [1.54, 1.807) is 36.4 Å². The van der Waals surface area contributed by atoms with Crippen molar-refractivity contribution in [2.75, 3.05) is 0 Å². The zero-order valence-corrected chi connectivity index (χ0v) is 14.8. The molecule has 0 aromatic heterocycles. The first-order valence-corrected chi connectivity index (χ1v) is 9.15. The van der Waals surface area contributed by atoms with Crippen LogP contribution in [0.1, 0.15) is 11.1 Å². The molecule has 3 rings (SSSR count). The molecule has 130 valence electrons. The fraction of sp³-hybridized carbons (Fsp3) is 0.118. The van der Waals surface area contributed by atoms with E-state index < -0.39 is 37.6 Å². The number of carbonyl (C=O) groups is 1. The van der Waals surface area contributed by atoms with Gasteiger partial charge in [0, 0.05) is 0 Å². The van der Waals surface area contributed by atoms with Gasteiger partial charge in [0.05, 0.1) is 20.2 Å². The highest BCUT2D eigenvalue weighted by Crippen LogP contribution is 2.37. The van der Waals surface area contributed by atoms with Crippen LogP contribution in [0.25, 0.3) is 0 Å². The lowest BCUT2D eigenvalue weighted by molar-refractivity contribution is -0.126. The van der Waals surface area contributed by atoms with Crippen LogP contribution < -0.4 is 5.73 Å². The highest BCUT2D eigenvalue weighted by atomic mass is 32.2. The fourth-order valence-electron chi connectivity index (χ4n) is 2.52. The van der Waals surface area contributed by atoms with E-state index in [0.717, 1.165) is 0 Å². The minimum atomic E-state index is -4.73. The Kier molecular flexibility index (Phi) is 4.63. The van der Waals surface area contributed by atoms with E-state index in [0.29, 0.717) is 0 Å². The average molecular weight is 375 g/mol. The second-order valence-corrected chi connectivity index (χ2v) is 7.67. The highest BCUT2D eigenvalue weighted by molar-refractivity contribution is 7.90. The van der Waals surface area contributed by atoms with Gasteiger partial charge in [-0.1, -0.05) is 60.7 Å². The van der Waals surface area contributed by atoms with Crippen LogP contribution in [0.15, 0.2) is 72.3 Å². The van der Waals surface area contributed by atoms with Crippen LogP contribution in [0, 0.1) is 0 Å². The molecule has 0 fully saturated rings. The molecule has 2 aromatic carbocycles. The Balaban J connectivity index is 1.94. The third-order valence-corrected chi connectivity index (χ3v) is 5.52. The van der Waals surface area contributed by atoms with Crippen molar-refractivity contribution in [1.29, 1.82) is 0 Å². The topological polar surface area (TPSA) is 95.7 Å². The summed E-state index contributed by atoms with van der Waals surface area (Å²) in [5.74, 6) is -2.34. The predicted octanol–water partition coefficient (Wildman–Crippen LogP) is 0.229. The summed E-state index contributed by atoms with van der Waals surface area (Å²) in [6.45, 7) is 0. The fourth-order valence-corrected chi connectivity index (χ4v) is 3.46. The maximum absolute atomic E-state index is 12.7. The largest absolute Gasteiger partial charge is 0.467 e. The number of Topliss-reactive ketones (excluding diaryl/α,β-unsaturated/α-hetero) is 1. The summed E-state index contributed by atoms with van der Waals surface area (Å²) in [5.41, 5.74) is 3.96. The maximum atomic E-state index is 12.7. The van der Waals surface area contributed by atoms with Gasteiger partial charge >= 0.3 is 10.1 Å². The quantitative estimate of drug-likeness (QED) is 0.594. The van der Waals surface area contributed by atoms with Crippen LogP contribution in [-0.2, 0) is 33.9 Å². The zero-order valence-electron chi connectivity index (χ0n) is 14.0. The maximum Gasteiger partial charge on any atom is 0.302 e. The number of carbonyl (C=O) groups excluding carboxylic acids is 1. The predicted molar refractivity (Wildman–Crippen MR) is 101 cm³/mol. The van der Waals surface area contributed by atoms with Gasteiger partial charge in [0.25, 0.3) is 0 Å². The first kappa shape index (κ1) is 19.2. The first-order chi connectivity index (χ1) is 12.6. The lowest BCUT2D eigenvalue weighted by atomic mass is 9.65. The van der Waals surface area contributed by atoms with Gasteiger partial charge in [-0.25, -0.2) is 0 Å². The molecule has 6 radical (unpaired) electrons. The number of benzene rings is 2. The second kappa shape index (κ2) is 6.53. The Morgan fingerprint density at radius 1 is 1.00 bits per heavy atom. The normalized spacial score (nSPS) is 20.4. The summed E-state index contributed by atoms with van der Waals surface area (Å²) in [4.78, 5) is 12.7. The smallest absolute Gasteiger partial charge is 0.302 e. The highest BCUT2D eigenvalue weighted by Gasteiger charge is 2.50. The number of ether oxygens (including phenoxy) is 1. The number of ketones is 1. The lowest BCUT2D eigenvalue weighted by Gasteiger charge is -2.26. The van der Waals surface area contributed by atoms with Crippen molar-refractivity contribution in [3.63, 3.8) is 0 Å². The van der Waals surface area contributed by atoms with E-state index >= 15 is 0 Å². The Morgan fingerprint density at radius 2 is 1.52 bits per heavy atom. The van der Waals surface area contributed by atoms with Crippen LogP contribution in [0.5, 0.6) is 0 Å². The van der Waals surface area contributed by atoms with E-state index in [4.69, 9.17) is 38.2 Å². The Labute approximate surface area is 161 Å². The SMILES string of the molecule is [B]C([B])(c1ccccc1)S(=O)(=O)OC1=C(N)O[C@@]([B])(c2ccccc2)C1=O. The van der Waals surface area contributed by atoms with Gasteiger partial charge in [0.15, 0.2) is 5.50 Å². The van der Waals surface area contributed by atoms with Crippen molar-refractivity contribution in [2.24, 2.45) is 5.73 Å². The summed E-state index contributed by atoms with van der Waals surface area (Å²) < 4.78 is 33.0. The van der Waals surface area contributed by atoms with E-state index in [1.807, 2.05) is 0 Å². The summed E-state index contributed by atoms with van der Waals surface area (Å²) >= 11 is 0. The van der Waals surface area contributed by atoms with Gasteiger partial charge in [-0.05, 0) is 11.1 Å². The molecule has 0 amide bonds. The molecule has 6 nitrogen and oxygen atoms in total. The molecule has 0 saturated carbocycles. The minimum absolute atomic E-state index is 0.0533. The van der Waals surface area contributed by atoms with Crippen molar-refractivity contribution >= 4 is 39.4 Å². The summed E-state index contributed by atoms with van der Waals surface area (Å²) in [6.07, 6.45) is 0. The standard InChI is InChI=1S/C17H12B3NO5S/c18-16(11-7-3-1-4-8-11)14(22)13(15(21)25-16)26-27(23,24)17(19,20)12-9-5-2-6-10-12/h1-10H,21H2/t16-/m0/s1. The van der Waals surface area contributed by atoms with E-state index in [-0.39, 0.29) is 11.1 Å². The molecule has 1 aliphatic rings. The molecule has 0 aliphatic carbocycles. The molecule has 27 heavy (non-hydrogen) atoms. The van der Waals surface area contributed by atoms with Gasteiger partial charge in [-0.3, -0.25) is 4.79 Å². The molecule has 2 N–H and O–H groups in total. The molecule has 1 heterocycles. The minimum Gasteiger partial charge on any atom is -0.467 e. The Hall–Kier alpha value is -2.61. The average Bonchev–Trinajstić information content (AvgIpc) is 2.87. The van der Waals surface area contributed by atoms with Crippen molar-refractivity contribution in [2.45, 2.75) is 10.0 Å². The molecule has 0 saturated heterocycles. The van der Waals surface area contributed by atoms with Crippen molar-refractivity contribution in [1.82, 2.24) is 0 Å². The van der Waals surface area contributed by atoms with E-state index in [2.05, 4.69) is 0 Å². The number of hydrogen-bond acceptors (Lipinski definition) is 6. The van der Waals surface area contributed by atoms with Crippen LogP contribution in [0.4, 0.5) is 0 Å². The Morgan fingerprint density at radius 3 is 2.07 bits per heavy atom. The molecule has 0 unspecified atom stereocenters. The molecule has 2 aromatic rings. The lowest BCUT2D eigenvalue weighted by Crippen LogP contribution is -2.40. The Bertz CT molecular complexity index is 1010. The molecule has 0 bridgehead atoms. The molecular formula is C17H12B3NO5S. The van der Waals surface area contributed by atoms with Crippen LogP contribution in [0.2, 0.25) is 0 Å². The summed E-state index contributed by atoms with van der Waals surface area (Å²) in [7, 11) is 12.8. The van der Waals surface area contributed by atoms with Crippen LogP contribution >= 0.6 is 0 Å². The van der Waals surface area contributed by atoms with Gasteiger partial charge in [0.1, 0.15) is 7.85 Å². The molecule has 10 heteroatoms. The molecular weight excluding hydrogens is 363 g/mol. The van der Waals surface area contributed by atoms with Crippen LogP contribution in [-0.4, -0.2) is 37.7 Å². The molecule has 1 atom stereocenters. The van der Waals surface area contributed by atoms with Crippen molar-refractivity contribution in [3.05, 3.63) is 83.4 Å². The number of rotatable bonds is 5. The number of nitrogens with two attached hydrogens (primary N) is 1. The van der Waals surface area contributed by atoms with Gasteiger partial charge in [-0.15, -0.1) is 0 Å². The van der Waals surface area contributed by atoms with Crippen molar-refractivity contribution < 1.29 is 22.1 Å². The van der Waals surface area contributed by atoms with Gasteiger partial charge < -0.3 is 14.7 Å². The third kappa shape index (κ3) is 3.14. The van der Waals surface area contributed by atoms with Crippen LogP contribution in [0.3, 0.4) is 0 Å². The summed E-state index contributed by atoms with van der Waals surface area (Å²) in [5, 5.41) is 0. The van der Waals surface area contributed by atoms with Gasteiger partial charge in [0.2, 0.25) is 17.4 Å². The summed E-state index contributed by atoms with van der Waals surface area (Å²) in [6, 6.07) is 15.6. The second-order valence-electron chi connectivity index (χ2n) is 5.92. The molecule has 0 spiro atoms. The van der Waals surface area contributed by atoms with E-state index in [1.165, 1.54) is 24.3 Å².